The van der Waals surface area contributed by atoms with Crippen LogP contribution in [0.3, 0.4) is 0 Å². The number of amides is 2. The fourth-order valence-electron chi connectivity index (χ4n) is 5.28. The molecular weight excluding hydrogens is 446 g/mol. The number of cyclic esters (lactones) is 1. The standard InChI is InChI=1S/C27H33N3O5/c1-18-16-28-12-9-24(18)35-21-7-8-22(25(15-21)33-2)26(31)29-13-10-20(11-14-29)30-23-6-4-3-5-19(23)17-34-27(30)32/h3-8,15,18,20,24,28H,9-14,16-17H2,1-2H3. The third-order valence-corrected chi connectivity index (χ3v) is 7.31. The lowest BCUT2D eigenvalue weighted by Gasteiger charge is -2.40. The van der Waals surface area contributed by atoms with Gasteiger partial charge in [0, 0.05) is 43.2 Å². The number of nitrogens with one attached hydrogen (secondary N) is 1. The van der Waals surface area contributed by atoms with Crippen molar-refractivity contribution >= 4 is 17.7 Å². The number of rotatable bonds is 5. The van der Waals surface area contributed by atoms with Gasteiger partial charge in [0.1, 0.15) is 24.2 Å². The van der Waals surface area contributed by atoms with Crippen molar-refractivity contribution in [1.29, 1.82) is 0 Å². The lowest BCUT2D eigenvalue weighted by Crippen LogP contribution is -2.50. The second kappa shape index (κ2) is 10.2. The summed E-state index contributed by atoms with van der Waals surface area (Å²) >= 11 is 0. The third-order valence-electron chi connectivity index (χ3n) is 7.31. The van der Waals surface area contributed by atoms with Gasteiger partial charge in [-0.2, -0.15) is 0 Å². The summed E-state index contributed by atoms with van der Waals surface area (Å²) in [6, 6.07) is 13.3. The van der Waals surface area contributed by atoms with Crippen molar-refractivity contribution in [2.24, 2.45) is 5.92 Å². The van der Waals surface area contributed by atoms with Crippen LogP contribution in [0.1, 0.15) is 42.1 Å². The number of fused-ring (bicyclic) bond motifs is 1. The molecule has 3 heterocycles. The topological polar surface area (TPSA) is 80.3 Å². The first-order chi connectivity index (χ1) is 17.0. The minimum absolute atomic E-state index is 0.00218. The number of carbonyl (C=O) groups excluding carboxylic acids is 2. The van der Waals surface area contributed by atoms with Gasteiger partial charge in [-0.05, 0) is 44.0 Å². The predicted molar refractivity (Wildman–Crippen MR) is 132 cm³/mol. The first-order valence-electron chi connectivity index (χ1n) is 12.4. The predicted octanol–water partition coefficient (Wildman–Crippen LogP) is 3.83. The van der Waals surface area contributed by atoms with E-state index in [4.69, 9.17) is 14.2 Å². The average molecular weight is 480 g/mol. The van der Waals surface area contributed by atoms with Crippen LogP contribution in [0.4, 0.5) is 10.5 Å². The summed E-state index contributed by atoms with van der Waals surface area (Å²) < 4.78 is 17.2. The molecule has 2 saturated heterocycles. The monoisotopic (exact) mass is 479 g/mol. The van der Waals surface area contributed by atoms with E-state index in [1.54, 1.807) is 18.1 Å². The van der Waals surface area contributed by atoms with Crippen LogP contribution in [0.15, 0.2) is 42.5 Å². The minimum Gasteiger partial charge on any atom is -0.496 e. The Morgan fingerprint density at radius 1 is 1.11 bits per heavy atom. The summed E-state index contributed by atoms with van der Waals surface area (Å²) in [6.07, 6.45) is 2.16. The lowest BCUT2D eigenvalue weighted by atomic mass is 9.98. The molecule has 0 radical (unpaired) electrons. The molecular formula is C27H33N3O5. The van der Waals surface area contributed by atoms with E-state index < -0.39 is 0 Å². The van der Waals surface area contributed by atoms with E-state index in [2.05, 4.69) is 12.2 Å². The van der Waals surface area contributed by atoms with Crippen LogP contribution in [-0.2, 0) is 11.3 Å². The van der Waals surface area contributed by atoms with Crippen LogP contribution in [0.2, 0.25) is 0 Å². The summed E-state index contributed by atoms with van der Waals surface area (Å²) in [5.41, 5.74) is 2.45. The Bertz CT molecular complexity index is 1080. The Morgan fingerprint density at radius 3 is 2.69 bits per heavy atom. The smallest absolute Gasteiger partial charge is 0.414 e. The Balaban J connectivity index is 1.25. The van der Waals surface area contributed by atoms with Gasteiger partial charge in [0.05, 0.1) is 18.4 Å². The van der Waals surface area contributed by atoms with Crippen LogP contribution in [0.5, 0.6) is 11.5 Å². The Hall–Kier alpha value is -3.26. The maximum absolute atomic E-state index is 13.4. The highest BCUT2D eigenvalue weighted by Gasteiger charge is 2.35. The maximum Gasteiger partial charge on any atom is 0.414 e. The molecule has 3 aliphatic rings. The average Bonchev–Trinajstić information content (AvgIpc) is 2.89. The quantitative estimate of drug-likeness (QED) is 0.702. The van der Waals surface area contributed by atoms with Crippen LogP contribution < -0.4 is 19.7 Å². The zero-order chi connectivity index (χ0) is 24.4. The van der Waals surface area contributed by atoms with Gasteiger partial charge in [-0.3, -0.25) is 9.69 Å². The van der Waals surface area contributed by atoms with Crippen LogP contribution in [0.25, 0.3) is 0 Å². The molecule has 2 aromatic carbocycles. The summed E-state index contributed by atoms with van der Waals surface area (Å²) in [6.45, 7) is 5.48. The minimum atomic E-state index is -0.311. The molecule has 2 atom stereocenters. The third kappa shape index (κ3) is 4.80. The van der Waals surface area contributed by atoms with E-state index in [9.17, 15) is 9.59 Å². The molecule has 3 aliphatic heterocycles. The molecule has 0 spiro atoms. The van der Waals surface area contributed by atoms with Crippen molar-refractivity contribution < 1.29 is 23.8 Å². The van der Waals surface area contributed by atoms with Gasteiger partial charge in [-0.15, -0.1) is 0 Å². The first-order valence-corrected chi connectivity index (χ1v) is 12.4. The zero-order valence-corrected chi connectivity index (χ0v) is 20.4. The number of nitrogens with zero attached hydrogens (tertiary/aromatic N) is 2. The van der Waals surface area contributed by atoms with Gasteiger partial charge in [-0.1, -0.05) is 25.1 Å². The molecule has 186 valence electrons. The molecule has 0 saturated carbocycles. The largest absolute Gasteiger partial charge is 0.496 e. The molecule has 8 nitrogen and oxygen atoms in total. The molecule has 0 aliphatic carbocycles. The van der Waals surface area contributed by atoms with Gasteiger partial charge in [0.15, 0.2) is 0 Å². The van der Waals surface area contributed by atoms with E-state index in [0.29, 0.717) is 49.8 Å². The number of hydrogen-bond acceptors (Lipinski definition) is 6. The number of piperidine rings is 2. The number of anilines is 1. The number of likely N-dealkylation sites (tertiary alicyclic amines) is 1. The molecule has 35 heavy (non-hydrogen) atoms. The molecule has 2 amide bonds. The van der Waals surface area contributed by atoms with Gasteiger partial charge in [0.25, 0.3) is 5.91 Å². The number of benzene rings is 2. The Kier molecular flexibility index (Phi) is 6.81. The van der Waals surface area contributed by atoms with Crippen molar-refractivity contribution in [3.05, 3.63) is 53.6 Å². The van der Waals surface area contributed by atoms with Crippen LogP contribution in [0, 0.1) is 5.92 Å². The number of para-hydroxylation sites is 1. The number of ether oxygens (including phenoxy) is 3. The van der Waals surface area contributed by atoms with E-state index in [-0.39, 0.29) is 24.1 Å². The second-order valence-electron chi connectivity index (χ2n) is 9.57. The summed E-state index contributed by atoms with van der Waals surface area (Å²) in [5.74, 6) is 1.59. The molecule has 1 N–H and O–H groups in total. The van der Waals surface area contributed by atoms with E-state index in [0.717, 1.165) is 36.5 Å². The number of carbonyl (C=O) groups is 2. The first kappa shape index (κ1) is 23.5. The number of hydrogen-bond donors (Lipinski definition) is 1. The molecule has 2 fully saturated rings. The highest BCUT2D eigenvalue weighted by molar-refractivity contribution is 5.97. The maximum atomic E-state index is 13.4. The van der Waals surface area contributed by atoms with Gasteiger partial charge >= 0.3 is 6.09 Å². The van der Waals surface area contributed by atoms with Crippen molar-refractivity contribution in [3.8, 4) is 11.5 Å². The lowest BCUT2D eigenvalue weighted by molar-refractivity contribution is 0.0705. The molecule has 8 heteroatoms. The summed E-state index contributed by atoms with van der Waals surface area (Å²) in [7, 11) is 1.58. The molecule has 0 bridgehead atoms. The van der Waals surface area contributed by atoms with E-state index in [1.165, 1.54) is 0 Å². The van der Waals surface area contributed by atoms with E-state index >= 15 is 0 Å². The Labute approximate surface area is 206 Å². The van der Waals surface area contributed by atoms with Gasteiger partial charge in [0.2, 0.25) is 0 Å². The SMILES string of the molecule is COc1cc(OC2CCNCC2C)ccc1C(=O)N1CCC(N2C(=O)OCc3ccccc32)CC1. The normalized spacial score (nSPS) is 22.9. The zero-order valence-electron chi connectivity index (χ0n) is 20.4. The number of methoxy groups -OCH3 is 1. The van der Waals surface area contributed by atoms with Crippen LogP contribution >= 0.6 is 0 Å². The molecule has 2 unspecified atom stereocenters. The van der Waals surface area contributed by atoms with Crippen molar-refractivity contribution in [2.75, 3.05) is 38.2 Å². The molecule has 5 rings (SSSR count). The van der Waals surface area contributed by atoms with Gasteiger partial charge < -0.3 is 24.4 Å². The second-order valence-corrected chi connectivity index (χ2v) is 9.57. The Morgan fingerprint density at radius 2 is 1.91 bits per heavy atom. The van der Waals surface area contributed by atoms with Gasteiger partial charge in [-0.25, -0.2) is 4.79 Å². The van der Waals surface area contributed by atoms with Crippen molar-refractivity contribution in [3.63, 3.8) is 0 Å². The fraction of sp³-hybridized carbons (Fsp3) is 0.481. The molecule has 0 aromatic heterocycles. The summed E-state index contributed by atoms with van der Waals surface area (Å²) in [5, 5.41) is 3.38. The molecule has 2 aromatic rings. The highest BCUT2D eigenvalue weighted by Crippen LogP contribution is 2.33. The highest BCUT2D eigenvalue weighted by atomic mass is 16.6. The van der Waals surface area contributed by atoms with Crippen LogP contribution in [-0.4, -0.2) is 62.3 Å². The summed E-state index contributed by atoms with van der Waals surface area (Å²) in [4.78, 5) is 29.5. The van der Waals surface area contributed by atoms with E-state index in [1.807, 2.05) is 41.3 Å². The fourth-order valence-corrected chi connectivity index (χ4v) is 5.28. The van der Waals surface area contributed by atoms with Crippen molar-refractivity contribution in [1.82, 2.24) is 10.2 Å². The van der Waals surface area contributed by atoms with Crippen molar-refractivity contribution in [2.45, 2.75) is 44.9 Å².